The number of hydrogen-bond donors (Lipinski definition) is 2. The lowest BCUT2D eigenvalue weighted by Gasteiger charge is -2.32. The molecule has 2 N–H and O–H groups in total. The van der Waals surface area contributed by atoms with Gasteiger partial charge in [0.25, 0.3) is 10.0 Å². The first kappa shape index (κ1) is 14.1. The molecule has 7 heteroatoms. The van der Waals surface area contributed by atoms with Gasteiger partial charge in [-0.1, -0.05) is 6.92 Å². The van der Waals surface area contributed by atoms with Crippen LogP contribution in [0.1, 0.15) is 26.6 Å². The Kier molecular flexibility index (Phi) is 3.95. The number of hydrogen-bond acceptors (Lipinski definition) is 4. The molecule has 0 spiro atoms. The van der Waals surface area contributed by atoms with E-state index in [1.165, 1.54) is 13.2 Å². The average molecular weight is 261 g/mol. The topological polar surface area (TPSA) is 86.3 Å². The first-order valence-corrected chi connectivity index (χ1v) is 6.83. The Balaban J connectivity index is 3.11. The van der Waals surface area contributed by atoms with Crippen molar-refractivity contribution in [1.82, 2.24) is 14.3 Å². The number of H-pyrrole nitrogens is 1. The van der Waals surface area contributed by atoms with Crippen molar-refractivity contribution in [2.24, 2.45) is 0 Å². The Labute approximate surface area is 102 Å². The highest BCUT2D eigenvalue weighted by Gasteiger charge is 2.34. The number of sulfonamides is 1. The van der Waals surface area contributed by atoms with Crippen LogP contribution in [0.3, 0.4) is 0 Å². The van der Waals surface area contributed by atoms with Gasteiger partial charge in [-0.2, -0.15) is 4.31 Å². The molecule has 1 aromatic rings. The summed E-state index contributed by atoms with van der Waals surface area (Å²) in [4.78, 5) is 6.73. The van der Waals surface area contributed by atoms with Crippen LogP contribution in [0.25, 0.3) is 0 Å². The lowest BCUT2D eigenvalue weighted by molar-refractivity contribution is 0.137. The molecule has 1 aromatic heterocycles. The fourth-order valence-electron chi connectivity index (χ4n) is 1.23. The summed E-state index contributed by atoms with van der Waals surface area (Å²) in [5.41, 5.74) is -0.851. The third-order valence-corrected chi connectivity index (χ3v) is 4.80. The zero-order valence-corrected chi connectivity index (χ0v) is 11.4. The summed E-state index contributed by atoms with van der Waals surface area (Å²) in [7, 11) is -2.20. The highest BCUT2D eigenvalue weighted by atomic mass is 32.2. The second-order valence-electron chi connectivity index (χ2n) is 4.49. The van der Waals surface area contributed by atoms with E-state index in [1.807, 2.05) is 6.92 Å². The number of rotatable bonds is 5. The molecule has 0 radical (unpaired) electrons. The molecule has 0 saturated carbocycles. The molecule has 0 saturated heterocycles. The van der Waals surface area contributed by atoms with Crippen LogP contribution in [-0.2, 0) is 16.4 Å². The molecule has 0 aliphatic carbocycles. The van der Waals surface area contributed by atoms with Gasteiger partial charge < -0.3 is 10.1 Å². The van der Waals surface area contributed by atoms with Crippen LogP contribution in [-0.4, -0.2) is 47.0 Å². The fraction of sp³-hybridized carbons (Fsp3) is 0.700. The maximum atomic E-state index is 12.2. The van der Waals surface area contributed by atoms with Gasteiger partial charge in [-0.3, -0.25) is 0 Å². The van der Waals surface area contributed by atoms with E-state index in [4.69, 9.17) is 0 Å². The van der Waals surface area contributed by atoms with E-state index in [9.17, 15) is 13.5 Å². The van der Waals surface area contributed by atoms with Crippen LogP contribution in [0.2, 0.25) is 0 Å². The molecular formula is C10H19N3O3S. The normalized spacial score (nSPS) is 13.3. The second-order valence-corrected chi connectivity index (χ2v) is 6.43. The van der Waals surface area contributed by atoms with Crippen LogP contribution >= 0.6 is 0 Å². The fourth-order valence-corrected chi connectivity index (χ4v) is 2.66. The Morgan fingerprint density at radius 3 is 2.53 bits per heavy atom. The molecule has 0 aromatic carbocycles. The van der Waals surface area contributed by atoms with Crippen LogP contribution in [0, 0.1) is 0 Å². The molecule has 98 valence electrons. The third-order valence-electron chi connectivity index (χ3n) is 2.82. The summed E-state index contributed by atoms with van der Waals surface area (Å²) < 4.78 is 25.6. The summed E-state index contributed by atoms with van der Waals surface area (Å²) in [6, 6.07) is 0. The van der Waals surface area contributed by atoms with E-state index in [-0.39, 0.29) is 11.6 Å². The van der Waals surface area contributed by atoms with Gasteiger partial charge in [0.05, 0.1) is 18.3 Å². The Hall–Kier alpha value is -0.920. The molecule has 0 amide bonds. The lowest BCUT2D eigenvalue weighted by Crippen LogP contribution is -2.47. The summed E-state index contributed by atoms with van der Waals surface area (Å²) in [6.07, 6.45) is 1.95. The van der Waals surface area contributed by atoms with Crippen molar-refractivity contribution in [2.45, 2.75) is 37.8 Å². The summed E-state index contributed by atoms with van der Waals surface area (Å²) in [6.45, 7) is 4.94. The highest BCUT2D eigenvalue weighted by Crippen LogP contribution is 2.21. The molecule has 6 nitrogen and oxygen atoms in total. The highest BCUT2D eigenvalue weighted by molar-refractivity contribution is 7.89. The van der Waals surface area contributed by atoms with Gasteiger partial charge in [0.15, 0.2) is 5.03 Å². The first-order valence-electron chi connectivity index (χ1n) is 5.39. The third kappa shape index (κ3) is 2.67. The molecule has 1 rings (SSSR count). The predicted octanol–water partition coefficient (Wildman–Crippen LogP) is 0.364. The van der Waals surface area contributed by atoms with Gasteiger partial charge in [-0.25, -0.2) is 13.4 Å². The van der Waals surface area contributed by atoms with Crippen molar-refractivity contribution >= 4 is 10.0 Å². The first-order chi connectivity index (χ1) is 7.75. The molecule has 1 heterocycles. The lowest BCUT2D eigenvalue weighted by atomic mass is 10.1. The van der Waals surface area contributed by atoms with E-state index in [0.717, 1.165) is 4.31 Å². The number of aromatic amines is 1. The van der Waals surface area contributed by atoms with Crippen LogP contribution in [0.15, 0.2) is 11.2 Å². The van der Waals surface area contributed by atoms with Gasteiger partial charge in [-0.05, 0) is 13.8 Å². The number of aliphatic hydroxyl groups excluding tert-OH is 1. The van der Waals surface area contributed by atoms with E-state index >= 15 is 0 Å². The van der Waals surface area contributed by atoms with E-state index in [0.29, 0.717) is 12.2 Å². The van der Waals surface area contributed by atoms with Crippen LogP contribution in [0.4, 0.5) is 0 Å². The Morgan fingerprint density at radius 2 is 2.12 bits per heavy atom. The minimum atomic E-state index is -3.64. The van der Waals surface area contributed by atoms with Gasteiger partial charge in [0, 0.05) is 13.5 Å². The zero-order valence-electron chi connectivity index (χ0n) is 10.6. The number of likely N-dealkylation sites (N-methyl/N-ethyl adjacent to an activating group) is 1. The van der Waals surface area contributed by atoms with Crippen molar-refractivity contribution in [3.8, 4) is 0 Å². The Bertz CT molecular complexity index is 479. The molecule has 0 aliphatic heterocycles. The van der Waals surface area contributed by atoms with Crippen molar-refractivity contribution in [3.05, 3.63) is 12.0 Å². The van der Waals surface area contributed by atoms with Crippen LogP contribution < -0.4 is 0 Å². The number of nitrogens with zero attached hydrogens (tertiary/aromatic N) is 2. The largest absolute Gasteiger partial charge is 0.394 e. The van der Waals surface area contributed by atoms with E-state index in [2.05, 4.69) is 9.97 Å². The van der Waals surface area contributed by atoms with Crippen LogP contribution in [0.5, 0.6) is 0 Å². The maximum Gasteiger partial charge on any atom is 0.260 e. The average Bonchev–Trinajstić information content (AvgIpc) is 2.77. The van der Waals surface area contributed by atoms with Gasteiger partial charge >= 0.3 is 0 Å². The number of aliphatic hydroxyl groups is 1. The summed E-state index contributed by atoms with van der Waals surface area (Å²) >= 11 is 0. The quantitative estimate of drug-likeness (QED) is 0.801. The standard InChI is InChI=1S/C10H19N3O3S/c1-5-8-11-6-9(12-8)17(15,16)13(4)10(2,3)7-14/h6,14H,5,7H2,1-4H3,(H,11,12). The van der Waals surface area contributed by atoms with Crippen molar-refractivity contribution in [3.63, 3.8) is 0 Å². The number of aryl methyl sites for hydroxylation is 1. The SMILES string of the molecule is CCc1ncc(S(=O)(=O)N(C)C(C)(C)CO)[nH]1. The molecule has 17 heavy (non-hydrogen) atoms. The summed E-state index contributed by atoms with van der Waals surface area (Å²) in [5, 5.41) is 9.25. The van der Waals surface area contributed by atoms with Gasteiger partial charge in [-0.15, -0.1) is 0 Å². The molecule has 0 atom stereocenters. The Morgan fingerprint density at radius 1 is 1.53 bits per heavy atom. The monoisotopic (exact) mass is 261 g/mol. The van der Waals surface area contributed by atoms with E-state index < -0.39 is 15.6 Å². The number of aromatic nitrogens is 2. The molecule has 0 bridgehead atoms. The molecule has 0 unspecified atom stereocenters. The van der Waals surface area contributed by atoms with Crippen molar-refractivity contribution < 1.29 is 13.5 Å². The minimum Gasteiger partial charge on any atom is -0.394 e. The number of nitrogens with one attached hydrogen (secondary N) is 1. The summed E-state index contributed by atoms with van der Waals surface area (Å²) in [5.74, 6) is 0.624. The minimum absolute atomic E-state index is 0.0541. The van der Waals surface area contributed by atoms with Crippen molar-refractivity contribution in [1.29, 1.82) is 0 Å². The number of imidazole rings is 1. The molecule has 0 fully saturated rings. The smallest absolute Gasteiger partial charge is 0.260 e. The second kappa shape index (κ2) is 4.75. The van der Waals surface area contributed by atoms with Gasteiger partial charge in [0.2, 0.25) is 0 Å². The predicted molar refractivity (Wildman–Crippen MR) is 64.1 cm³/mol. The maximum absolute atomic E-state index is 12.2. The molecular weight excluding hydrogens is 242 g/mol. The zero-order chi connectivity index (χ0) is 13.3. The van der Waals surface area contributed by atoms with Crippen molar-refractivity contribution in [2.75, 3.05) is 13.7 Å². The van der Waals surface area contributed by atoms with Gasteiger partial charge in [0.1, 0.15) is 5.82 Å². The van der Waals surface area contributed by atoms with E-state index in [1.54, 1.807) is 13.8 Å². The molecule has 0 aliphatic rings.